The number of anilines is 1. The van der Waals surface area contributed by atoms with Gasteiger partial charge in [-0.25, -0.2) is 23.5 Å². The van der Waals surface area contributed by atoms with Gasteiger partial charge in [0.05, 0.1) is 54.5 Å². The van der Waals surface area contributed by atoms with Gasteiger partial charge >= 0.3 is 11.4 Å². The summed E-state index contributed by atoms with van der Waals surface area (Å²) in [5, 5.41) is 13.2. The molecule has 0 spiro atoms. The van der Waals surface area contributed by atoms with Gasteiger partial charge in [-0.3, -0.25) is 15.0 Å². The third-order valence-corrected chi connectivity index (χ3v) is 11.0. The second-order valence-corrected chi connectivity index (χ2v) is 13.7. The lowest BCUT2D eigenvalue weighted by Crippen LogP contribution is -2.53. The zero-order valence-corrected chi connectivity index (χ0v) is 29.3. The van der Waals surface area contributed by atoms with Gasteiger partial charge in [0.2, 0.25) is 0 Å². The first-order valence-electron chi connectivity index (χ1n) is 16.4. The fraction of sp³-hybridized carbons (Fsp3) is 0.211. The number of aromatic hydroxyl groups is 1. The van der Waals surface area contributed by atoms with E-state index in [9.17, 15) is 19.5 Å². The molecule has 5 aromatic rings. The van der Waals surface area contributed by atoms with Crippen molar-refractivity contribution >= 4 is 40.7 Å². The monoisotopic (exact) mass is 739 g/mol. The van der Waals surface area contributed by atoms with Crippen LogP contribution in [0, 0.1) is 5.92 Å². The molecule has 52 heavy (non-hydrogen) atoms. The molecule has 1 aromatic heterocycles. The molecule has 4 aromatic carbocycles. The van der Waals surface area contributed by atoms with Crippen molar-refractivity contribution in [1.82, 2.24) is 18.9 Å². The number of phenols is 1. The highest BCUT2D eigenvalue weighted by atomic mass is 35.5. The molecule has 1 aliphatic carbocycles. The van der Waals surface area contributed by atoms with E-state index in [4.69, 9.17) is 32.7 Å². The number of hydrogen-bond donors (Lipinski definition) is 2. The maximum atomic E-state index is 15.4. The van der Waals surface area contributed by atoms with E-state index in [1.54, 1.807) is 78.9 Å². The summed E-state index contributed by atoms with van der Waals surface area (Å²) in [7, 11) is 2.97. The van der Waals surface area contributed by atoms with Gasteiger partial charge in [-0.05, 0) is 72.2 Å². The van der Waals surface area contributed by atoms with E-state index in [1.807, 2.05) is 6.08 Å². The number of carbonyl (C=O) groups is 2. The van der Waals surface area contributed by atoms with Crippen LogP contribution in [-0.4, -0.2) is 50.1 Å². The van der Waals surface area contributed by atoms with Crippen molar-refractivity contribution in [2.24, 2.45) is 5.92 Å². The van der Waals surface area contributed by atoms with Gasteiger partial charge in [-0.15, -0.1) is 0 Å². The quantitative estimate of drug-likeness (QED) is 0.166. The number of amides is 2. The molecule has 3 aliphatic rings. The van der Waals surface area contributed by atoms with Gasteiger partial charge in [-0.2, -0.15) is 5.01 Å². The SMILES string of the molecule is COc1ccc([C@@]23C(=O)N(Nc4ccc(Cl)cc4Cl)C(=O)[C@@H]2C[C@@H]2C(=CCn4c(=O)n(-c5ccccc5)c(=O)n42)[C@@H]3c2c(O)cccc2OC)cc1. The number of aromatic nitrogens is 3. The fourth-order valence-corrected chi connectivity index (χ4v) is 8.67. The van der Waals surface area contributed by atoms with E-state index >= 15 is 4.79 Å². The van der Waals surface area contributed by atoms with Crippen LogP contribution in [0.1, 0.15) is 29.5 Å². The summed E-state index contributed by atoms with van der Waals surface area (Å²) in [6, 6.07) is 24.0. The number of methoxy groups -OCH3 is 2. The van der Waals surface area contributed by atoms with Crippen LogP contribution >= 0.6 is 23.2 Å². The summed E-state index contributed by atoms with van der Waals surface area (Å²) < 4.78 is 15.1. The van der Waals surface area contributed by atoms with Crippen LogP contribution in [0.4, 0.5) is 5.69 Å². The molecule has 0 bridgehead atoms. The number of hydrazine groups is 1. The molecule has 2 fully saturated rings. The highest BCUT2D eigenvalue weighted by molar-refractivity contribution is 6.36. The highest BCUT2D eigenvalue weighted by Crippen LogP contribution is 2.64. The van der Waals surface area contributed by atoms with Crippen LogP contribution < -0.4 is 26.3 Å². The Bertz CT molecular complexity index is 2420. The molecule has 1 saturated heterocycles. The van der Waals surface area contributed by atoms with Gasteiger partial charge in [0.15, 0.2) is 0 Å². The number of nitrogens with one attached hydrogen (secondary N) is 1. The molecule has 1 saturated carbocycles. The number of hydrogen-bond acceptors (Lipinski definition) is 8. The minimum atomic E-state index is -1.70. The fourth-order valence-electron chi connectivity index (χ4n) is 8.22. The molecule has 14 heteroatoms. The Kier molecular flexibility index (Phi) is 8.03. The van der Waals surface area contributed by atoms with E-state index in [0.717, 1.165) is 9.58 Å². The van der Waals surface area contributed by atoms with Crippen molar-refractivity contribution in [1.29, 1.82) is 0 Å². The third kappa shape index (κ3) is 4.74. The van der Waals surface area contributed by atoms with Crippen LogP contribution in [0.2, 0.25) is 10.0 Å². The van der Waals surface area contributed by atoms with E-state index in [0.29, 0.717) is 27.6 Å². The number of halogens is 2. The number of phenolic OH excluding ortho intramolecular Hbond substituents is 1. The Morgan fingerprint density at radius 1 is 0.865 bits per heavy atom. The van der Waals surface area contributed by atoms with Crippen LogP contribution in [0.5, 0.6) is 17.2 Å². The summed E-state index contributed by atoms with van der Waals surface area (Å²) in [5.41, 5.74) is 2.02. The van der Waals surface area contributed by atoms with Crippen LogP contribution in [0.15, 0.2) is 112 Å². The third-order valence-electron chi connectivity index (χ3n) is 10.4. The van der Waals surface area contributed by atoms with E-state index in [-0.39, 0.29) is 40.7 Å². The predicted octanol–water partition coefficient (Wildman–Crippen LogP) is 5.45. The number of carbonyl (C=O) groups excluding carboxylic acids is 2. The smallest absolute Gasteiger partial charge is 0.352 e. The van der Waals surface area contributed by atoms with Gasteiger partial charge in [-0.1, -0.05) is 65.7 Å². The average Bonchev–Trinajstić information content (AvgIpc) is 3.53. The summed E-state index contributed by atoms with van der Waals surface area (Å²) >= 11 is 12.7. The van der Waals surface area contributed by atoms with Gasteiger partial charge in [0, 0.05) is 16.5 Å². The summed E-state index contributed by atoms with van der Waals surface area (Å²) in [6.45, 7) is -0.0139. The lowest BCUT2D eigenvalue weighted by atomic mass is 9.53. The number of ether oxygens (including phenoxy) is 2. The molecule has 2 aliphatic heterocycles. The van der Waals surface area contributed by atoms with Crippen molar-refractivity contribution < 1.29 is 24.2 Å². The van der Waals surface area contributed by atoms with Crippen LogP contribution in [-0.2, 0) is 21.5 Å². The lowest BCUT2D eigenvalue weighted by Gasteiger charge is -2.49. The molecular formula is C38H31Cl2N5O7. The first-order chi connectivity index (χ1) is 25.1. The Morgan fingerprint density at radius 3 is 2.31 bits per heavy atom. The number of benzene rings is 4. The highest BCUT2D eigenvalue weighted by Gasteiger charge is 2.69. The van der Waals surface area contributed by atoms with Crippen LogP contribution in [0.3, 0.4) is 0 Å². The first-order valence-corrected chi connectivity index (χ1v) is 17.2. The normalized spacial score (nSPS) is 22.0. The molecule has 0 unspecified atom stereocenters. The number of rotatable bonds is 7. The molecule has 4 atom stereocenters. The summed E-state index contributed by atoms with van der Waals surface area (Å²) in [4.78, 5) is 58.5. The number of allylic oxidation sites excluding steroid dienone is 2. The van der Waals surface area contributed by atoms with E-state index in [2.05, 4.69) is 5.43 Å². The Balaban J connectivity index is 1.41. The molecule has 8 rings (SSSR count). The molecule has 264 valence electrons. The Labute approximate surface area is 306 Å². The van der Waals surface area contributed by atoms with Gasteiger partial charge in [0.1, 0.15) is 17.2 Å². The number of para-hydroxylation sites is 1. The minimum Gasteiger partial charge on any atom is -0.508 e. The molecule has 12 nitrogen and oxygen atoms in total. The second kappa shape index (κ2) is 12.5. The zero-order valence-electron chi connectivity index (χ0n) is 27.8. The maximum absolute atomic E-state index is 15.4. The number of nitrogens with zero attached hydrogens (tertiary/aromatic N) is 4. The Hall–Kier alpha value is -5.72. The Morgan fingerprint density at radius 2 is 1.62 bits per heavy atom. The van der Waals surface area contributed by atoms with Crippen molar-refractivity contribution in [3.63, 3.8) is 0 Å². The van der Waals surface area contributed by atoms with E-state index < -0.39 is 46.5 Å². The number of fused-ring (bicyclic) bond motifs is 4. The lowest BCUT2D eigenvalue weighted by molar-refractivity contribution is -0.138. The van der Waals surface area contributed by atoms with Gasteiger partial charge in [0.25, 0.3) is 11.8 Å². The van der Waals surface area contributed by atoms with Crippen molar-refractivity contribution in [3.8, 4) is 22.9 Å². The molecule has 0 radical (unpaired) electrons. The van der Waals surface area contributed by atoms with Crippen LogP contribution in [0.25, 0.3) is 5.69 Å². The summed E-state index contributed by atoms with van der Waals surface area (Å²) in [6.07, 6.45) is 1.77. The van der Waals surface area contributed by atoms with Crippen molar-refractivity contribution in [2.75, 3.05) is 19.6 Å². The topological polar surface area (TPSA) is 137 Å². The first kappa shape index (κ1) is 33.4. The average molecular weight is 741 g/mol. The maximum Gasteiger partial charge on any atom is 0.352 e. The van der Waals surface area contributed by atoms with Crippen molar-refractivity contribution in [3.05, 3.63) is 145 Å². The minimum absolute atomic E-state index is 0.0139. The van der Waals surface area contributed by atoms with Gasteiger partial charge < -0.3 is 14.6 Å². The molecule has 2 N–H and O–H groups in total. The molecule has 2 amide bonds. The molecular weight excluding hydrogens is 709 g/mol. The molecule has 3 heterocycles. The van der Waals surface area contributed by atoms with E-state index in [1.165, 1.54) is 35.7 Å². The van der Waals surface area contributed by atoms with Crippen molar-refractivity contribution in [2.45, 2.75) is 30.3 Å². The number of imide groups is 1. The zero-order chi connectivity index (χ0) is 36.5. The second-order valence-electron chi connectivity index (χ2n) is 12.8. The predicted molar refractivity (Wildman–Crippen MR) is 194 cm³/mol. The summed E-state index contributed by atoms with van der Waals surface area (Å²) in [5.74, 6) is -2.80. The standard InChI is InChI=1S/C38H31Cl2N5O7/c1-51-24-14-11-21(12-15-24)38-26(34(47)44(35(38)48)41-28-16-13-22(39)19-27(28)40)20-29-25(33(38)32-30(46)9-6-10-31(32)52-2)17-18-42-36(49)43(37(50)45(29)42)23-7-4-3-5-8-23/h3-17,19,26,29,33,41,46H,18,20H2,1-2H3/t26-,29+,33+,38+/m0/s1. The largest absolute Gasteiger partial charge is 0.508 e.